The van der Waals surface area contributed by atoms with E-state index in [4.69, 9.17) is 4.74 Å². The lowest BCUT2D eigenvalue weighted by atomic mass is 9.98. The van der Waals surface area contributed by atoms with E-state index in [0.717, 1.165) is 19.6 Å². The zero-order valence-electron chi connectivity index (χ0n) is 13.9. The minimum Gasteiger partial charge on any atom is -0.385 e. The highest BCUT2D eigenvalue weighted by Gasteiger charge is 2.22. The zero-order valence-corrected chi connectivity index (χ0v) is 13.9. The number of nitrogens with zero attached hydrogens (tertiary/aromatic N) is 2. The molecule has 1 atom stereocenters. The minimum absolute atomic E-state index is 0.665. The van der Waals surface area contributed by atoms with Crippen molar-refractivity contribution in [2.45, 2.75) is 65.0 Å². The lowest BCUT2D eigenvalue weighted by Crippen LogP contribution is -2.39. The molecule has 21 heavy (non-hydrogen) atoms. The number of nitrogens with one attached hydrogen (secondary N) is 1. The van der Waals surface area contributed by atoms with Gasteiger partial charge in [-0.2, -0.15) is 5.10 Å². The molecule has 1 aromatic heterocycles. The zero-order chi connectivity index (χ0) is 15.1. The van der Waals surface area contributed by atoms with Crippen LogP contribution >= 0.6 is 0 Å². The molecule has 4 nitrogen and oxygen atoms in total. The monoisotopic (exact) mass is 293 g/mol. The van der Waals surface area contributed by atoms with Gasteiger partial charge in [0.2, 0.25) is 0 Å². The maximum absolute atomic E-state index is 5.19. The quantitative estimate of drug-likeness (QED) is 0.747. The molecule has 2 rings (SSSR count). The van der Waals surface area contributed by atoms with Gasteiger partial charge in [0.05, 0.1) is 5.69 Å². The van der Waals surface area contributed by atoms with Crippen molar-refractivity contribution in [1.29, 1.82) is 0 Å². The van der Waals surface area contributed by atoms with Gasteiger partial charge in [-0.1, -0.05) is 20.3 Å². The first-order chi connectivity index (χ1) is 10.2. The van der Waals surface area contributed by atoms with E-state index in [2.05, 4.69) is 35.0 Å². The fraction of sp³-hybridized carbons (Fsp3) is 0.824. The van der Waals surface area contributed by atoms with Gasteiger partial charge in [0, 0.05) is 32.0 Å². The van der Waals surface area contributed by atoms with Crippen molar-refractivity contribution in [2.75, 3.05) is 20.3 Å². The van der Waals surface area contributed by atoms with E-state index in [1.54, 1.807) is 7.11 Å². The predicted octanol–water partition coefficient (Wildman–Crippen LogP) is 3.39. The van der Waals surface area contributed by atoms with Crippen molar-refractivity contribution < 1.29 is 4.74 Å². The fourth-order valence-corrected chi connectivity index (χ4v) is 3.29. The smallest absolute Gasteiger partial charge is 0.0628 e. The van der Waals surface area contributed by atoms with E-state index in [9.17, 15) is 0 Å². The first kappa shape index (κ1) is 16.5. The molecule has 1 fully saturated rings. The molecule has 1 aromatic rings. The van der Waals surface area contributed by atoms with E-state index >= 15 is 0 Å². The van der Waals surface area contributed by atoms with Crippen LogP contribution in [0.1, 0.15) is 57.3 Å². The Morgan fingerprint density at radius 3 is 3.05 bits per heavy atom. The molecule has 4 heteroatoms. The molecule has 0 unspecified atom stereocenters. The second kappa shape index (κ2) is 8.54. The van der Waals surface area contributed by atoms with Gasteiger partial charge in [-0.15, -0.1) is 0 Å². The molecule has 2 heterocycles. The number of methoxy groups -OCH3 is 1. The summed E-state index contributed by atoms with van der Waals surface area (Å²) in [5.74, 6) is 0.665. The minimum atomic E-state index is 0.665. The Labute approximate surface area is 129 Å². The number of H-pyrrole nitrogens is 1. The molecule has 1 N–H and O–H groups in total. The fourth-order valence-electron chi connectivity index (χ4n) is 3.29. The van der Waals surface area contributed by atoms with Crippen molar-refractivity contribution >= 4 is 0 Å². The number of ether oxygens (including phenoxy) is 1. The third kappa shape index (κ3) is 5.44. The summed E-state index contributed by atoms with van der Waals surface area (Å²) in [6.45, 7) is 7.60. The molecule has 1 saturated heterocycles. The van der Waals surface area contributed by atoms with E-state index in [0.29, 0.717) is 12.0 Å². The van der Waals surface area contributed by atoms with E-state index in [1.165, 1.54) is 50.0 Å². The molecule has 0 aliphatic carbocycles. The highest BCUT2D eigenvalue weighted by Crippen LogP contribution is 2.23. The molecule has 0 aromatic carbocycles. The number of rotatable bonds is 8. The lowest BCUT2D eigenvalue weighted by Gasteiger charge is -2.35. The van der Waals surface area contributed by atoms with Crippen LogP contribution in [0.25, 0.3) is 0 Å². The second-order valence-electron chi connectivity index (χ2n) is 6.74. The van der Waals surface area contributed by atoms with Crippen molar-refractivity contribution in [1.82, 2.24) is 15.1 Å². The molecule has 0 bridgehead atoms. The average molecular weight is 293 g/mol. The molecule has 1 aliphatic heterocycles. The van der Waals surface area contributed by atoms with Gasteiger partial charge in [-0.05, 0) is 50.6 Å². The van der Waals surface area contributed by atoms with Crippen LogP contribution < -0.4 is 0 Å². The number of aromatic amines is 1. The Morgan fingerprint density at radius 2 is 2.29 bits per heavy atom. The summed E-state index contributed by atoms with van der Waals surface area (Å²) < 4.78 is 5.19. The number of hydrogen-bond acceptors (Lipinski definition) is 3. The van der Waals surface area contributed by atoms with Crippen LogP contribution in [0.3, 0.4) is 0 Å². The van der Waals surface area contributed by atoms with Crippen molar-refractivity contribution in [2.24, 2.45) is 5.92 Å². The summed E-state index contributed by atoms with van der Waals surface area (Å²) in [5.41, 5.74) is 2.47. The maximum Gasteiger partial charge on any atom is 0.0628 e. The molecule has 1 aliphatic rings. The topological polar surface area (TPSA) is 41.1 Å². The van der Waals surface area contributed by atoms with Gasteiger partial charge in [0.25, 0.3) is 0 Å². The van der Waals surface area contributed by atoms with Crippen LogP contribution in [0.15, 0.2) is 6.07 Å². The highest BCUT2D eigenvalue weighted by molar-refractivity contribution is 5.09. The Morgan fingerprint density at radius 1 is 1.43 bits per heavy atom. The van der Waals surface area contributed by atoms with Gasteiger partial charge in [-0.25, -0.2) is 0 Å². The molecule has 0 amide bonds. The highest BCUT2D eigenvalue weighted by atomic mass is 16.5. The summed E-state index contributed by atoms with van der Waals surface area (Å²) in [5, 5.41) is 7.68. The second-order valence-corrected chi connectivity index (χ2v) is 6.74. The van der Waals surface area contributed by atoms with Crippen LogP contribution in [0.5, 0.6) is 0 Å². The largest absolute Gasteiger partial charge is 0.385 e. The first-order valence-electron chi connectivity index (χ1n) is 8.45. The van der Waals surface area contributed by atoms with Crippen LogP contribution in [0.2, 0.25) is 0 Å². The third-order valence-electron chi connectivity index (χ3n) is 4.31. The van der Waals surface area contributed by atoms with E-state index in [1.807, 2.05) is 0 Å². The standard InChI is InChI=1S/C17H31N3O/c1-14(2)11-15-12-16(19-18-15)13-20-9-5-4-7-17(20)8-6-10-21-3/h12,14,17H,4-11,13H2,1-3H3,(H,18,19)/t17-/m1/s1. The SMILES string of the molecule is COCCC[C@H]1CCCCN1Cc1cc(CC(C)C)n[nH]1. The normalized spacial score (nSPS) is 20.3. The Kier molecular flexibility index (Phi) is 6.71. The summed E-state index contributed by atoms with van der Waals surface area (Å²) in [6.07, 6.45) is 7.51. The Hall–Kier alpha value is -0.870. The summed E-state index contributed by atoms with van der Waals surface area (Å²) in [6, 6.07) is 2.96. The van der Waals surface area contributed by atoms with Crippen LogP contribution in [0, 0.1) is 5.92 Å². The Bertz CT molecular complexity index is 402. The molecule has 120 valence electrons. The molecule has 0 spiro atoms. The number of aromatic nitrogens is 2. The summed E-state index contributed by atoms with van der Waals surface area (Å²) in [4.78, 5) is 2.63. The molecular formula is C17H31N3O. The molecule has 0 radical (unpaired) electrons. The number of hydrogen-bond donors (Lipinski definition) is 1. The molecular weight excluding hydrogens is 262 g/mol. The average Bonchev–Trinajstić information content (AvgIpc) is 2.87. The van der Waals surface area contributed by atoms with Crippen LogP contribution in [0.4, 0.5) is 0 Å². The van der Waals surface area contributed by atoms with Crippen molar-refractivity contribution in [3.63, 3.8) is 0 Å². The van der Waals surface area contributed by atoms with Crippen molar-refractivity contribution in [3.05, 3.63) is 17.5 Å². The van der Waals surface area contributed by atoms with E-state index in [-0.39, 0.29) is 0 Å². The predicted molar refractivity (Wildman–Crippen MR) is 86.3 cm³/mol. The first-order valence-corrected chi connectivity index (χ1v) is 8.45. The van der Waals surface area contributed by atoms with Gasteiger partial charge in [0.15, 0.2) is 0 Å². The van der Waals surface area contributed by atoms with Gasteiger partial charge in [0.1, 0.15) is 0 Å². The van der Waals surface area contributed by atoms with Gasteiger partial charge >= 0.3 is 0 Å². The van der Waals surface area contributed by atoms with Gasteiger partial charge < -0.3 is 4.74 Å². The van der Waals surface area contributed by atoms with Gasteiger partial charge in [-0.3, -0.25) is 10.00 Å². The number of likely N-dealkylation sites (tertiary alicyclic amines) is 1. The van der Waals surface area contributed by atoms with Crippen LogP contribution in [-0.4, -0.2) is 41.4 Å². The van der Waals surface area contributed by atoms with Crippen molar-refractivity contribution in [3.8, 4) is 0 Å². The maximum atomic E-state index is 5.19. The Balaban J connectivity index is 1.87. The number of piperidine rings is 1. The van der Waals surface area contributed by atoms with Crippen LogP contribution in [-0.2, 0) is 17.7 Å². The summed E-state index contributed by atoms with van der Waals surface area (Å²) >= 11 is 0. The lowest BCUT2D eigenvalue weighted by molar-refractivity contribution is 0.115. The summed E-state index contributed by atoms with van der Waals surface area (Å²) in [7, 11) is 1.79. The molecule has 0 saturated carbocycles. The third-order valence-corrected chi connectivity index (χ3v) is 4.31. The van der Waals surface area contributed by atoms with E-state index < -0.39 is 0 Å².